The zero-order valence-corrected chi connectivity index (χ0v) is 22.2. The van der Waals surface area contributed by atoms with Gasteiger partial charge in [-0.3, -0.25) is 4.99 Å². The number of hydrogen-bond acceptors (Lipinski definition) is 6. The minimum atomic E-state index is 0.377. The third kappa shape index (κ3) is 6.15. The number of hydrogen-bond donors (Lipinski definition) is 2. The number of rotatable bonds is 10. The average molecular weight is 495 g/mol. The Kier molecular flexibility index (Phi) is 8.51. The van der Waals surface area contributed by atoms with E-state index in [0.717, 1.165) is 64.7 Å². The highest BCUT2D eigenvalue weighted by atomic mass is 15.1. The highest BCUT2D eigenvalue weighted by Crippen LogP contribution is 2.37. The summed E-state index contributed by atoms with van der Waals surface area (Å²) < 4.78 is 0. The van der Waals surface area contributed by atoms with Crippen molar-refractivity contribution in [2.75, 3.05) is 32.5 Å². The number of aliphatic imine (C=N–C) groups is 1. The van der Waals surface area contributed by atoms with Crippen LogP contribution >= 0.6 is 0 Å². The number of fused-ring (bicyclic) bond motifs is 1. The maximum Gasteiger partial charge on any atom is 0.161 e. The van der Waals surface area contributed by atoms with E-state index in [1.165, 1.54) is 6.42 Å². The van der Waals surface area contributed by atoms with Crippen LogP contribution in [0.15, 0.2) is 85.3 Å². The van der Waals surface area contributed by atoms with Crippen molar-refractivity contribution in [3.05, 3.63) is 91.5 Å². The molecule has 2 heterocycles. The van der Waals surface area contributed by atoms with Crippen LogP contribution in [0, 0.1) is 11.8 Å². The van der Waals surface area contributed by atoms with E-state index in [0.29, 0.717) is 17.8 Å². The summed E-state index contributed by atoms with van der Waals surface area (Å²) in [6.45, 7) is 16.0. The van der Waals surface area contributed by atoms with E-state index < -0.39 is 0 Å². The monoisotopic (exact) mass is 494 g/mol. The van der Waals surface area contributed by atoms with Gasteiger partial charge in [0.05, 0.1) is 0 Å². The first kappa shape index (κ1) is 26.3. The van der Waals surface area contributed by atoms with Crippen LogP contribution in [-0.4, -0.2) is 54.3 Å². The Balaban J connectivity index is 1.76. The first-order chi connectivity index (χ1) is 17.9. The number of nitrogens with one attached hydrogen (secondary N) is 2. The van der Waals surface area contributed by atoms with Crippen LogP contribution in [-0.2, 0) is 0 Å². The van der Waals surface area contributed by atoms with Gasteiger partial charge >= 0.3 is 0 Å². The summed E-state index contributed by atoms with van der Waals surface area (Å²) in [6, 6.07) is 8.63. The first-order valence-corrected chi connectivity index (χ1v) is 12.9. The van der Waals surface area contributed by atoms with E-state index in [9.17, 15) is 0 Å². The van der Waals surface area contributed by atoms with Crippen molar-refractivity contribution in [1.82, 2.24) is 20.2 Å². The standard InChI is InChI=1S/C31H38N6/c1-7-22(20-37(6)8-2)23-10-9-11-24(15-23)30-34-19-28(26(16-32-5)14-21(3)4)31(36-30)35-29-13-12-25-17-33-18-27(25)29/h7-11,14-16,19-20,25,27,29,33H,1-3,12-13,17-18H2,4-6H3,(H,34,35,36)/b22-20+,26-14+,32-16-. The molecule has 1 aromatic heterocycles. The third-order valence-electron chi connectivity index (χ3n) is 7.15. The molecule has 6 nitrogen and oxygen atoms in total. The molecule has 0 spiro atoms. The second kappa shape index (κ2) is 12.0. The van der Waals surface area contributed by atoms with Crippen molar-refractivity contribution in [3.63, 3.8) is 0 Å². The predicted octanol–water partition coefficient (Wildman–Crippen LogP) is 5.82. The molecule has 1 saturated heterocycles. The molecule has 37 heavy (non-hydrogen) atoms. The molecule has 0 bridgehead atoms. The molecule has 1 aromatic carbocycles. The molecule has 2 aromatic rings. The maximum absolute atomic E-state index is 5.09. The van der Waals surface area contributed by atoms with Crippen LogP contribution in [0.2, 0.25) is 0 Å². The molecule has 0 amide bonds. The predicted molar refractivity (Wildman–Crippen MR) is 157 cm³/mol. The van der Waals surface area contributed by atoms with Crippen molar-refractivity contribution in [3.8, 4) is 11.4 Å². The summed E-state index contributed by atoms with van der Waals surface area (Å²) in [5, 5.41) is 7.38. The third-order valence-corrected chi connectivity index (χ3v) is 7.15. The summed E-state index contributed by atoms with van der Waals surface area (Å²) in [5.41, 5.74) is 5.81. The summed E-state index contributed by atoms with van der Waals surface area (Å²) in [7, 11) is 3.73. The molecular weight excluding hydrogens is 456 g/mol. The molecule has 192 valence electrons. The fraction of sp³-hybridized carbons (Fsp3) is 0.323. The minimum Gasteiger partial charge on any atom is -0.366 e. The first-order valence-electron chi connectivity index (χ1n) is 12.9. The van der Waals surface area contributed by atoms with Crippen LogP contribution in [0.5, 0.6) is 0 Å². The van der Waals surface area contributed by atoms with Crippen molar-refractivity contribution < 1.29 is 0 Å². The Morgan fingerprint density at radius 1 is 1.22 bits per heavy atom. The molecule has 2 N–H and O–H groups in total. The molecule has 1 aliphatic heterocycles. The Hall–Kier alpha value is -3.77. The lowest BCUT2D eigenvalue weighted by Gasteiger charge is -2.22. The molecule has 2 fully saturated rings. The van der Waals surface area contributed by atoms with Gasteiger partial charge in [-0.25, -0.2) is 9.97 Å². The number of benzene rings is 1. The second-order valence-electron chi connectivity index (χ2n) is 9.92. The fourth-order valence-electron chi connectivity index (χ4n) is 5.29. The van der Waals surface area contributed by atoms with E-state index in [4.69, 9.17) is 9.97 Å². The van der Waals surface area contributed by atoms with Crippen LogP contribution in [0.4, 0.5) is 5.82 Å². The van der Waals surface area contributed by atoms with Gasteiger partial charge < -0.3 is 15.5 Å². The highest BCUT2D eigenvalue weighted by molar-refractivity contribution is 6.12. The van der Waals surface area contributed by atoms with Crippen LogP contribution in [0.3, 0.4) is 0 Å². The van der Waals surface area contributed by atoms with Crippen LogP contribution < -0.4 is 10.6 Å². The Morgan fingerprint density at radius 2 is 2.05 bits per heavy atom. The number of allylic oxidation sites excluding steroid dienone is 5. The normalized spacial score (nSPS) is 21.6. The Bertz CT molecular complexity index is 1250. The Labute approximate surface area is 221 Å². The summed E-state index contributed by atoms with van der Waals surface area (Å²) in [6.07, 6.45) is 13.8. The van der Waals surface area contributed by atoms with E-state index in [1.807, 2.05) is 61.8 Å². The van der Waals surface area contributed by atoms with Gasteiger partial charge in [-0.2, -0.15) is 0 Å². The van der Waals surface area contributed by atoms with E-state index in [-0.39, 0.29) is 0 Å². The van der Waals surface area contributed by atoms with Gasteiger partial charge in [0.1, 0.15) is 5.82 Å². The van der Waals surface area contributed by atoms with E-state index in [2.05, 4.69) is 47.5 Å². The zero-order chi connectivity index (χ0) is 26.4. The fourth-order valence-corrected chi connectivity index (χ4v) is 5.29. The van der Waals surface area contributed by atoms with Gasteiger partial charge in [0.15, 0.2) is 5.82 Å². The number of anilines is 1. The SMILES string of the molecule is C=C/C(=C\N(C)C=C)c1cccc(-c2ncc(C(/C=N\C)=C/C(=C)C)c(NC3CCC4CNCC43)n2)c1. The molecule has 0 radical (unpaired) electrons. The van der Waals surface area contributed by atoms with Crippen LogP contribution in [0.1, 0.15) is 30.9 Å². The topological polar surface area (TPSA) is 65.4 Å². The molecule has 4 rings (SSSR count). The smallest absolute Gasteiger partial charge is 0.161 e. The molecule has 2 aliphatic rings. The summed E-state index contributed by atoms with van der Waals surface area (Å²) >= 11 is 0. The number of nitrogens with zero attached hydrogens (tertiary/aromatic N) is 4. The largest absolute Gasteiger partial charge is 0.366 e. The number of aromatic nitrogens is 2. The van der Waals surface area contributed by atoms with Gasteiger partial charge in [-0.15, -0.1) is 0 Å². The summed E-state index contributed by atoms with van der Waals surface area (Å²) in [5.74, 6) is 2.87. The van der Waals surface area contributed by atoms with Gasteiger partial charge in [-0.1, -0.05) is 55.7 Å². The van der Waals surface area contributed by atoms with Crippen molar-refractivity contribution in [1.29, 1.82) is 0 Å². The van der Waals surface area contributed by atoms with Gasteiger partial charge in [-0.05, 0) is 61.5 Å². The van der Waals surface area contributed by atoms with Gasteiger partial charge in [0.2, 0.25) is 0 Å². The molecule has 3 atom stereocenters. The highest BCUT2D eigenvalue weighted by Gasteiger charge is 2.39. The molecule has 6 heteroatoms. The zero-order valence-electron chi connectivity index (χ0n) is 22.2. The van der Waals surface area contributed by atoms with Crippen molar-refractivity contribution in [2.45, 2.75) is 25.8 Å². The molecule has 1 saturated carbocycles. The van der Waals surface area contributed by atoms with Crippen molar-refractivity contribution in [2.24, 2.45) is 16.8 Å². The average Bonchev–Trinajstić information content (AvgIpc) is 3.52. The van der Waals surface area contributed by atoms with Crippen LogP contribution in [0.25, 0.3) is 22.5 Å². The quantitative estimate of drug-likeness (QED) is 0.322. The second-order valence-corrected chi connectivity index (χ2v) is 9.92. The van der Waals surface area contributed by atoms with E-state index >= 15 is 0 Å². The van der Waals surface area contributed by atoms with E-state index in [1.54, 1.807) is 13.2 Å². The van der Waals surface area contributed by atoms with Gasteiger partial charge in [0.25, 0.3) is 0 Å². The summed E-state index contributed by atoms with van der Waals surface area (Å²) in [4.78, 5) is 16.1. The molecular formula is C31H38N6. The molecule has 1 aliphatic carbocycles. The minimum absolute atomic E-state index is 0.377. The lowest BCUT2D eigenvalue weighted by molar-refractivity contribution is 0.468. The molecule has 3 unspecified atom stereocenters. The van der Waals surface area contributed by atoms with Gasteiger partial charge in [0, 0.05) is 62.0 Å². The van der Waals surface area contributed by atoms with Crippen molar-refractivity contribution >= 4 is 23.2 Å². The lowest BCUT2D eigenvalue weighted by Crippen LogP contribution is -2.29. The maximum atomic E-state index is 5.09. The lowest BCUT2D eigenvalue weighted by atomic mass is 9.97. The Morgan fingerprint density at radius 3 is 2.78 bits per heavy atom.